The van der Waals surface area contributed by atoms with Gasteiger partial charge in [0.1, 0.15) is 5.82 Å². The molecular weight excluding hydrogens is 312 g/mol. The van der Waals surface area contributed by atoms with Crippen molar-refractivity contribution in [2.75, 3.05) is 13.2 Å². The highest BCUT2D eigenvalue weighted by Crippen LogP contribution is 2.33. The molecule has 2 rings (SSSR count). The summed E-state index contributed by atoms with van der Waals surface area (Å²) < 4.78 is 52.3. The average molecular weight is 328 g/mol. The second kappa shape index (κ2) is 7.52. The minimum atomic E-state index is -4.63. The smallest absolute Gasteiger partial charge is 0.395 e. The van der Waals surface area contributed by atoms with Crippen LogP contribution < -0.4 is 0 Å². The molecule has 0 aliphatic rings. The molecule has 0 aliphatic heterocycles. The van der Waals surface area contributed by atoms with E-state index in [-0.39, 0.29) is 25.3 Å². The molecule has 0 saturated heterocycles. The SMILES string of the molecule is OCCN(Cc1cccnc1)Cc1ccc(F)cc1C(F)(F)F. The quantitative estimate of drug-likeness (QED) is 0.827. The monoisotopic (exact) mass is 328 g/mol. The van der Waals surface area contributed by atoms with Crippen molar-refractivity contribution < 1.29 is 22.7 Å². The third-order valence-electron chi connectivity index (χ3n) is 3.32. The first-order valence-corrected chi connectivity index (χ1v) is 6.98. The Kier molecular flexibility index (Phi) is 5.68. The van der Waals surface area contributed by atoms with Crippen molar-refractivity contribution in [2.24, 2.45) is 0 Å². The molecule has 0 bridgehead atoms. The van der Waals surface area contributed by atoms with Crippen LogP contribution in [0.2, 0.25) is 0 Å². The summed E-state index contributed by atoms with van der Waals surface area (Å²) >= 11 is 0. The van der Waals surface area contributed by atoms with E-state index in [1.807, 2.05) is 0 Å². The Morgan fingerprint density at radius 3 is 2.52 bits per heavy atom. The molecule has 1 heterocycles. The van der Waals surface area contributed by atoms with Gasteiger partial charge in [-0.25, -0.2) is 4.39 Å². The molecule has 0 amide bonds. The second-order valence-corrected chi connectivity index (χ2v) is 5.09. The van der Waals surface area contributed by atoms with Crippen LogP contribution in [0.15, 0.2) is 42.7 Å². The maximum Gasteiger partial charge on any atom is 0.416 e. The van der Waals surface area contributed by atoms with Gasteiger partial charge in [-0.05, 0) is 29.3 Å². The van der Waals surface area contributed by atoms with Gasteiger partial charge in [-0.15, -0.1) is 0 Å². The molecule has 3 nitrogen and oxygen atoms in total. The highest BCUT2D eigenvalue weighted by molar-refractivity contribution is 5.30. The van der Waals surface area contributed by atoms with Crippen LogP contribution in [0.25, 0.3) is 0 Å². The van der Waals surface area contributed by atoms with Crippen LogP contribution in [0.1, 0.15) is 16.7 Å². The fraction of sp³-hybridized carbons (Fsp3) is 0.312. The summed E-state index contributed by atoms with van der Waals surface area (Å²) in [6, 6.07) is 6.16. The molecule has 0 fully saturated rings. The summed E-state index contributed by atoms with van der Waals surface area (Å²) in [5.74, 6) is -0.929. The first kappa shape index (κ1) is 17.4. The Morgan fingerprint density at radius 2 is 1.91 bits per heavy atom. The Morgan fingerprint density at radius 1 is 1.13 bits per heavy atom. The number of hydrogen-bond donors (Lipinski definition) is 1. The lowest BCUT2D eigenvalue weighted by Gasteiger charge is -2.23. The molecule has 0 aliphatic carbocycles. The van der Waals surface area contributed by atoms with Gasteiger partial charge in [0.25, 0.3) is 0 Å². The molecule has 124 valence electrons. The lowest BCUT2D eigenvalue weighted by atomic mass is 10.1. The number of aromatic nitrogens is 1. The van der Waals surface area contributed by atoms with E-state index in [9.17, 15) is 17.6 Å². The van der Waals surface area contributed by atoms with Gasteiger partial charge in [-0.1, -0.05) is 12.1 Å². The Labute approximate surface area is 131 Å². The molecule has 7 heteroatoms. The highest BCUT2D eigenvalue weighted by Gasteiger charge is 2.34. The van der Waals surface area contributed by atoms with Gasteiger partial charge >= 0.3 is 6.18 Å². The van der Waals surface area contributed by atoms with Crippen LogP contribution in [0.4, 0.5) is 17.6 Å². The van der Waals surface area contributed by atoms with Crippen LogP contribution in [-0.2, 0) is 19.3 Å². The maximum absolute atomic E-state index is 13.1. The summed E-state index contributed by atoms with van der Waals surface area (Å²) in [6.45, 7) is 0.292. The molecule has 0 unspecified atom stereocenters. The van der Waals surface area contributed by atoms with Crippen molar-refractivity contribution in [1.82, 2.24) is 9.88 Å². The van der Waals surface area contributed by atoms with Gasteiger partial charge in [0.15, 0.2) is 0 Å². The molecule has 2 aromatic rings. The second-order valence-electron chi connectivity index (χ2n) is 5.09. The fourth-order valence-electron chi connectivity index (χ4n) is 2.30. The Bertz CT molecular complexity index is 632. The normalized spacial score (nSPS) is 11.9. The molecule has 23 heavy (non-hydrogen) atoms. The molecule has 0 atom stereocenters. The molecule has 1 N–H and O–H groups in total. The van der Waals surface area contributed by atoms with E-state index < -0.39 is 17.6 Å². The minimum absolute atomic E-state index is 0.0313. The highest BCUT2D eigenvalue weighted by atomic mass is 19.4. The van der Waals surface area contributed by atoms with Crippen LogP contribution in [0.3, 0.4) is 0 Å². The molecular formula is C16H16F4N2O. The standard InChI is InChI=1S/C16H16F4N2O/c17-14-4-3-13(15(8-14)16(18,19)20)11-22(6-7-23)10-12-2-1-5-21-9-12/h1-5,8-9,23H,6-7,10-11H2. The van der Waals surface area contributed by atoms with E-state index in [1.165, 1.54) is 0 Å². The van der Waals surface area contributed by atoms with E-state index in [1.54, 1.807) is 29.4 Å². The lowest BCUT2D eigenvalue weighted by molar-refractivity contribution is -0.138. The van der Waals surface area contributed by atoms with Gasteiger partial charge in [-0.2, -0.15) is 13.2 Å². The van der Waals surface area contributed by atoms with Gasteiger partial charge in [-0.3, -0.25) is 9.88 Å². The number of halogens is 4. The van der Waals surface area contributed by atoms with Gasteiger partial charge in [0.05, 0.1) is 12.2 Å². The summed E-state index contributed by atoms with van der Waals surface area (Å²) in [7, 11) is 0. The number of hydrogen-bond acceptors (Lipinski definition) is 3. The van der Waals surface area contributed by atoms with Crippen LogP contribution >= 0.6 is 0 Å². The number of rotatable bonds is 6. The van der Waals surface area contributed by atoms with Crippen LogP contribution in [0.5, 0.6) is 0 Å². The van der Waals surface area contributed by atoms with E-state index in [0.29, 0.717) is 12.6 Å². The zero-order chi connectivity index (χ0) is 16.9. The molecule has 0 radical (unpaired) electrons. The van der Waals surface area contributed by atoms with Gasteiger partial charge in [0, 0.05) is 32.0 Å². The van der Waals surface area contributed by atoms with Crippen molar-refractivity contribution in [3.05, 3.63) is 65.2 Å². The van der Waals surface area contributed by atoms with E-state index in [0.717, 1.165) is 17.7 Å². The third-order valence-corrected chi connectivity index (χ3v) is 3.32. The number of aliphatic hydroxyl groups is 1. The summed E-state index contributed by atoms with van der Waals surface area (Å²) in [6.07, 6.45) is -1.42. The van der Waals surface area contributed by atoms with E-state index >= 15 is 0 Å². The Hall–Kier alpha value is -1.99. The molecule has 1 aromatic heterocycles. The van der Waals surface area contributed by atoms with Crippen molar-refractivity contribution in [3.8, 4) is 0 Å². The summed E-state index contributed by atoms with van der Waals surface area (Å²) in [4.78, 5) is 5.61. The van der Waals surface area contributed by atoms with E-state index in [4.69, 9.17) is 5.11 Å². The average Bonchev–Trinajstić information content (AvgIpc) is 2.49. The summed E-state index contributed by atoms with van der Waals surface area (Å²) in [5.41, 5.74) is -0.209. The fourth-order valence-corrected chi connectivity index (χ4v) is 2.30. The first-order valence-electron chi connectivity index (χ1n) is 6.98. The maximum atomic E-state index is 13.1. The number of aliphatic hydroxyl groups excluding tert-OH is 1. The number of benzene rings is 1. The lowest BCUT2D eigenvalue weighted by Crippen LogP contribution is -2.27. The van der Waals surface area contributed by atoms with E-state index in [2.05, 4.69) is 4.98 Å². The molecule has 0 spiro atoms. The number of nitrogens with zero attached hydrogens (tertiary/aromatic N) is 2. The number of alkyl halides is 3. The largest absolute Gasteiger partial charge is 0.416 e. The van der Waals surface area contributed by atoms with Crippen molar-refractivity contribution >= 4 is 0 Å². The van der Waals surface area contributed by atoms with Crippen LogP contribution in [0, 0.1) is 5.82 Å². The first-order chi connectivity index (χ1) is 10.9. The zero-order valence-electron chi connectivity index (χ0n) is 12.2. The summed E-state index contributed by atoms with van der Waals surface area (Å²) in [5, 5.41) is 9.13. The molecule has 0 saturated carbocycles. The predicted octanol–water partition coefficient (Wildman–Crippen LogP) is 3.23. The van der Waals surface area contributed by atoms with Crippen molar-refractivity contribution in [1.29, 1.82) is 0 Å². The topological polar surface area (TPSA) is 36.4 Å². The van der Waals surface area contributed by atoms with Crippen molar-refractivity contribution in [3.63, 3.8) is 0 Å². The minimum Gasteiger partial charge on any atom is -0.395 e. The van der Waals surface area contributed by atoms with Crippen LogP contribution in [-0.4, -0.2) is 28.1 Å². The third kappa shape index (κ3) is 5.01. The predicted molar refractivity (Wildman–Crippen MR) is 76.8 cm³/mol. The van der Waals surface area contributed by atoms with Gasteiger partial charge < -0.3 is 5.11 Å². The Balaban J connectivity index is 2.23. The van der Waals surface area contributed by atoms with Crippen molar-refractivity contribution in [2.45, 2.75) is 19.3 Å². The van der Waals surface area contributed by atoms with Gasteiger partial charge in [0.2, 0.25) is 0 Å². The number of pyridine rings is 1. The zero-order valence-corrected chi connectivity index (χ0v) is 12.2. The molecule has 1 aromatic carbocycles.